The maximum Gasteiger partial charge on any atom is 0.256 e. The number of hydroxylamine groups is 1. The maximum atomic E-state index is 5.23. The molecule has 0 saturated carbocycles. The van der Waals surface area contributed by atoms with Gasteiger partial charge in [-0.15, -0.1) is 5.48 Å². The molecule has 1 N–H and O–H groups in total. The molecule has 1 unspecified atom stereocenters. The molecule has 0 amide bonds. The fourth-order valence-corrected chi connectivity index (χ4v) is 1.30. The Labute approximate surface area is 62.7 Å². The summed E-state index contributed by atoms with van der Waals surface area (Å²) in [5.41, 5.74) is 2.61. The summed E-state index contributed by atoms with van der Waals surface area (Å²) in [4.78, 5) is 4.67. The molecule has 0 aromatic heterocycles. The Kier molecular flexibility index (Phi) is 2.46. The topological polar surface area (TPSA) is 43.7 Å². The van der Waals surface area contributed by atoms with Gasteiger partial charge >= 0.3 is 0 Å². The molecule has 1 heterocycles. The molecule has 0 bridgehead atoms. The zero-order valence-electron chi connectivity index (χ0n) is 6.81. The van der Waals surface area contributed by atoms with Crippen LogP contribution in [0.3, 0.4) is 0 Å². The van der Waals surface area contributed by atoms with Crippen LogP contribution in [0.2, 0.25) is 25.7 Å². The monoisotopic (exact) mass is 161 g/mol. The van der Waals surface area contributed by atoms with Crippen LogP contribution in [0, 0.1) is 0 Å². The predicted molar refractivity (Wildman–Crippen MR) is 42.1 cm³/mol. The molecule has 10 heavy (non-hydrogen) atoms. The van der Waals surface area contributed by atoms with E-state index in [1.165, 1.54) is 6.04 Å². The number of ether oxygens (including phenoxy) is 1. The maximum absolute atomic E-state index is 5.23. The zero-order chi connectivity index (χ0) is 7.61. The van der Waals surface area contributed by atoms with Crippen LogP contribution in [0.4, 0.5) is 0 Å². The molecule has 0 spiro atoms. The van der Waals surface area contributed by atoms with Crippen molar-refractivity contribution in [3.8, 4) is 0 Å². The summed E-state index contributed by atoms with van der Waals surface area (Å²) in [6.07, 6.45) is -0.101. The van der Waals surface area contributed by atoms with Crippen LogP contribution < -0.4 is 5.48 Å². The minimum atomic E-state index is -0.905. The molecule has 0 aromatic rings. The van der Waals surface area contributed by atoms with Gasteiger partial charge in [0.15, 0.2) is 0 Å². The van der Waals surface area contributed by atoms with Gasteiger partial charge < -0.3 is 4.74 Å². The van der Waals surface area contributed by atoms with E-state index in [0.717, 1.165) is 6.61 Å². The Morgan fingerprint density at radius 1 is 1.50 bits per heavy atom. The summed E-state index contributed by atoms with van der Waals surface area (Å²) in [5, 5.41) is 0. The molecule has 0 aliphatic carbocycles. The van der Waals surface area contributed by atoms with Gasteiger partial charge in [0, 0.05) is 14.7 Å². The molecule has 1 fully saturated rings. The van der Waals surface area contributed by atoms with Crippen LogP contribution in [-0.4, -0.2) is 21.1 Å². The summed E-state index contributed by atoms with van der Waals surface area (Å²) < 4.78 is 5.23. The lowest BCUT2D eigenvalue weighted by Gasteiger charge is -2.13. The summed E-state index contributed by atoms with van der Waals surface area (Å²) >= 11 is 0. The van der Waals surface area contributed by atoms with E-state index in [0.29, 0.717) is 0 Å². The van der Waals surface area contributed by atoms with E-state index in [-0.39, 0.29) is 6.41 Å². The highest BCUT2D eigenvalue weighted by Crippen LogP contribution is 2.10. The number of hydrogen-bond acceptors (Lipinski definition) is 3. The van der Waals surface area contributed by atoms with E-state index < -0.39 is 8.07 Å². The molecule has 1 aliphatic heterocycles. The van der Waals surface area contributed by atoms with Crippen molar-refractivity contribution in [2.24, 2.45) is 0 Å². The van der Waals surface area contributed by atoms with Crippen LogP contribution in [0.15, 0.2) is 0 Å². The number of hydrogen-bond donors (Lipinski definition) is 1. The number of rotatable bonds is 4. The highest BCUT2D eigenvalue weighted by molar-refractivity contribution is 6.76. The van der Waals surface area contributed by atoms with E-state index in [1.807, 2.05) is 0 Å². The van der Waals surface area contributed by atoms with Crippen molar-refractivity contribution in [2.45, 2.75) is 32.1 Å². The van der Waals surface area contributed by atoms with Crippen LogP contribution in [-0.2, 0) is 9.57 Å². The Morgan fingerprint density at radius 3 is 2.50 bits per heavy atom. The fraction of sp³-hybridized carbons (Fsp3) is 1.00. The zero-order valence-corrected chi connectivity index (χ0v) is 7.81. The molecule has 60 valence electrons. The second-order valence-electron chi connectivity index (χ2n) is 3.75. The average molecular weight is 161 g/mol. The van der Waals surface area contributed by atoms with Crippen LogP contribution in [0.1, 0.15) is 0 Å². The molecule has 1 aliphatic rings. The largest absolute Gasteiger partial charge is 0.337 e. The SMILES string of the molecule is C[Si](C)(C)CCOC1NO1. The van der Waals surface area contributed by atoms with Crippen LogP contribution in [0.25, 0.3) is 0 Å². The van der Waals surface area contributed by atoms with Crippen molar-refractivity contribution in [3.63, 3.8) is 0 Å². The van der Waals surface area contributed by atoms with Gasteiger partial charge in [0.2, 0.25) is 0 Å². The van der Waals surface area contributed by atoms with Gasteiger partial charge in [-0.25, -0.2) is 4.84 Å². The van der Waals surface area contributed by atoms with Gasteiger partial charge in [-0.3, -0.25) is 0 Å². The third kappa shape index (κ3) is 4.00. The van der Waals surface area contributed by atoms with E-state index in [1.54, 1.807) is 0 Å². The van der Waals surface area contributed by atoms with E-state index >= 15 is 0 Å². The van der Waals surface area contributed by atoms with Crippen molar-refractivity contribution in [3.05, 3.63) is 0 Å². The Hall–Kier alpha value is 0.0969. The minimum absolute atomic E-state index is 0.101. The Morgan fingerprint density at radius 2 is 2.10 bits per heavy atom. The van der Waals surface area contributed by atoms with Crippen molar-refractivity contribution in [1.29, 1.82) is 0 Å². The number of nitrogens with one attached hydrogen (secondary N) is 1. The minimum Gasteiger partial charge on any atom is -0.337 e. The second-order valence-corrected chi connectivity index (χ2v) is 9.37. The predicted octanol–water partition coefficient (Wildman–Crippen LogP) is 1.16. The molecule has 3 nitrogen and oxygen atoms in total. The molecule has 1 rings (SSSR count). The van der Waals surface area contributed by atoms with Crippen molar-refractivity contribution in [1.82, 2.24) is 5.48 Å². The smallest absolute Gasteiger partial charge is 0.256 e. The molecule has 1 atom stereocenters. The molecule has 0 radical (unpaired) electrons. The third-order valence-corrected chi connectivity index (χ3v) is 3.04. The highest BCUT2D eigenvalue weighted by atomic mass is 28.3. The van der Waals surface area contributed by atoms with Gasteiger partial charge in [-0.1, -0.05) is 19.6 Å². The summed E-state index contributed by atoms with van der Waals surface area (Å²) in [6.45, 7) is 7.82. The van der Waals surface area contributed by atoms with Crippen molar-refractivity contribution < 1.29 is 9.57 Å². The van der Waals surface area contributed by atoms with Gasteiger partial charge in [0.1, 0.15) is 0 Å². The quantitative estimate of drug-likeness (QED) is 0.497. The van der Waals surface area contributed by atoms with Crippen molar-refractivity contribution in [2.75, 3.05) is 6.61 Å². The Bertz CT molecular complexity index is 109. The lowest BCUT2D eigenvalue weighted by atomic mass is 10.8. The molecule has 1 saturated heterocycles. The Balaban J connectivity index is 1.93. The first-order valence-electron chi connectivity index (χ1n) is 3.61. The van der Waals surface area contributed by atoms with Gasteiger partial charge in [-0.05, 0) is 6.04 Å². The molecule has 0 aromatic carbocycles. The standard InChI is InChI=1S/C6H15NO2Si/c1-10(2,3)5-4-8-6-7-9-6/h6-7H,4-5H2,1-3H3. The van der Waals surface area contributed by atoms with Gasteiger partial charge in [-0.2, -0.15) is 0 Å². The molecular formula is C6H15NO2Si. The second kappa shape index (κ2) is 3.00. The van der Waals surface area contributed by atoms with Crippen molar-refractivity contribution >= 4 is 8.07 Å². The van der Waals surface area contributed by atoms with Crippen LogP contribution in [0.5, 0.6) is 0 Å². The normalized spacial score (nSPS) is 24.9. The summed E-state index contributed by atoms with van der Waals surface area (Å²) in [5.74, 6) is 0. The van der Waals surface area contributed by atoms with Gasteiger partial charge in [0.05, 0.1) is 0 Å². The summed E-state index contributed by atoms with van der Waals surface area (Å²) in [7, 11) is -0.905. The lowest BCUT2D eigenvalue weighted by Crippen LogP contribution is -2.22. The third-order valence-electron chi connectivity index (χ3n) is 1.34. The first-order valence-corrected chi connectivity index (χ1v) is 7.31. The first kappa shape index (κ1) is 8.20. The highest BCUT2D eigenvalue weighted by Gasteiger charge is 2.23. The first-order chi connectivity index (χ1) is 4.58. The van der Waals surface area contributed by atoms with Gasteiger partial charge in [0.25, 0.3) is 6.41 Å². The fourth-order valence-electron chi connectivity index (χ4n) is 0.568. The molecule has 4 heteroatoms. The average Bonchev–Trinajstić information content (AvgIpc) is 2.45. The van der Waals surface area contributed by atoms with E-state index in [2.05, 4.69) is 30.0 Å². The van der Waals surface area contributed by atoms with E-state index in [9.17, 15) is 0 Å². The van der Waals surface area contributed by atoms with E-state index in [4.69, 9.17) is 4.74 Å². The van der Waals surface area contributed by atoms with Crippen LogP contribution >= 0.6 is 0 Å². The summed E-state index contributed by atoms with van der Waals surface area (Å²) in [6, 6.07) is 1.20. The lowest BCUT2D eigenvalue weighted by molar-refractivity contribution is 0.0588. The molecular weight excluding hydrogens is 146 g/mol.